The third-order valence-electron chi connectivity index (χ3n) is 4.20. The van der Waals surface area contributed by atoms with Crippen molar-refractivity contribution < 1.29 is 9.53 Å². The van der Waals surface area contributed by atoms with Gasteiger partial charge in [0.05, 0.1) is 16.4 Å². The molecule has 3 aromatic rings. The lowest BCUT2D eigenvalue weighted by Crippen LogP contribution is -2.07. The van der Waals surface area contributed by atoms with Gasteiger partial charge in [-0.05, 0) is 38.3 Å². The van der Waals surface area contributed by atoms with E-state index in [0.717, 1.165) is 40.6 Å². The van der Waals surface area contributed by atoms with Gasteiger partial charge in [-0.15, -0.1) is 22.7 Å². The predicted molar refractivity (Wildman–Crippen MR) is 109 cm³/mol. The Bertz CT molecular complexity index is 969. The summed E-state index contributed by atoms with van der Waals surface area (Å²) >= 11 is 3.18. The number of nitrogens with zero attached hydrogens (tertiary/aromatic N) is 2. The first kappa shape index (κ1) is 17.9. The molecule has 0 saturated carbocycles. The van der Waals surface area contributed by atoms with Gasteiger partial charge in [-0.1, -0.05) is 18.2 Å². The number of fused-ring (bicyclic) bond motifs is 1. The maximum absolute atomic E-state index is 12.2. The van der Waals surface area contributed by atoms with Crippen LogP contribution in [0.3, 0.4) is 0 Å². The van der Waals surface area contributed by atoms with Gasteiger partial charge in [0.15, 0.2) is 5.13 Å². The van der Waals surface area contributed by atoms with Crippen LogP contribution in [-0.4, -0.2) is 15.9 Å². The van der Waals surface area contributed by atoms with E-state index in [1.165, 1.54) is 17.4 Å². The van der Waals surface area contributed by atoms with Gasteiger partial charge in [0, 0.05) is 21.9 Å². The summed E-state index contributed by atoms with van der Waals surface area (Å²) in [5, 5.41) is 6.55. The van der Waals surface area contributed by atoms with Crippen molar-refractivity contribution in [2.24, 2.45) is 0 Å². The highest BCUT2D eigenvalue weighted by Crippen LogP contribution is 2.30. The molecular formula is C20H19N3O2S2. The Hall–Kier alpha value is -2.51. The summed E-state index contributed by atoms with van der Waals surface area (Å²) in [6, 6.07) is 7.64. The highest BCUT2D eigenvalue weighted by atomic mass is 32.1. The van der Waals surface area contributed by atoms with Gasteiger partial charge >= 0.3 is 0 Å². The number of aryl methyl sites for hydroxylation is 3. The van der Waals surface area contributed by atoms with Crippen LogP contribution in [-0.2, 0) is 24.2 Å². The van der Waals surface area contributed by atoms with Gasteiger partial charge in [-0.3, -0.25) is 10.1 Å². The summed E-state index contributed by atoms with van der Waals surface area (Å²) < 4.78 is 5.88. The van der Waals surface area contributed by atoms with Crippen molar-refractivity contribution in [2.45, 2.75) is 32.8 Å². The van der Waals surface area contributed by atoms with Gasteiger partial charge in [0.1, 0.15) is 12.4 Å². The molecular weight excluding hydrogens is 378 g/mol. The van der Waals surface area contributed by atoms with Gasteiger partial charge < -0.3 is 4.74 Å². The SMILES string of the molecule is Cc1nc(COc2ccccc2C=CC(=O)Nc2nc3c(s2)CCC3)cs1. The van der Waals surface area contributed by atoms with Crippen LogP contribution >= 0.6 is 22.7 Å². The lowest BCUT2D eigenvalue weighted by Gasteiger charge is -2.07. The second-order valence-corrected chi connectivity index (χ2v) is 8.40. The van der Waals surface area contributed by atoms with Gasteiger partial charge in [0.2, 0.25) is 5.91 Å². The number of anilines is 1. The van der Waals surface area contributed by atoms with E-state index in [4.69, 9.17) is 4.74 Å². The molecule has 1 N–H and O–H groups in total. The minimum atomic E-state index is -0.188. The summed E-state index contributed by atoms with van der Waals surface area (Å²) in [5.74, 6) is 0.535. The molecule has 0 fully saturated rings. The molecule has 1 aromatic carbocycles. The summed E-state index contributed by atoms with van der Waals surface area (Å²) in [6.45, 7) is 2.38. The Morgan fingerprint density at radius 3 is 3.00 bits per heavy atom. The Labute approximate surface area is 165 Å². The average molecular weight is 398 g/mol. The van der Waals surface area contributed by atoms with E-state index >= 15 is 0 Å². The number of hydrogen-bond donors (Lipinski definition) is 1. The molecule has 7 heteroatoms. The van der Waals surface area contributed by atoms with E-state index in [-0.39, 0.29) is 5.91 Å². The smallest absolute Gasteiger partial charge is 0.250 e. The summed E-state index contributed by atoms with van der Waals surface area (Å²) in [4.78, 5) is 22.4. The Morgan fingerprint density at radius 1 is 1.30 bits per heavy atom. The third-order valence-corrected chi connectivity index (χ3v) is 6.10. The molecule has 2 heterocycles. The number of hydrogen-bond acceptors (Lipinski definition) is 6. The highest BCUT2D eigenvalue weighted by molar-refractivity contribution is 7.16. The van der Waals surface area contributed by atoms with Crippen LogP contribution in [0.5, 0.6) is 5.75 Å². The minimum Gasteiger partial charge on any atom is -0.487 e. The van der Waals surface area contributed by atoms with Crippen LogP contribution in [0.2, 0.25) is 0 Å². The lowest BCUT2D eigenvalue weighted by atomic mass is 10.2. The number of carbonyl (C=O) groups is 1. The number of carbonyl (C=O) groups excluding carboxylic acids is 1. The van der Waals surface area contributed by atoms with Crippen molar-refractivity contribution in [1.82, 2.24) is 9.97 Å². The third kappa shape index (κ3) is 4.43. The Kier molecular flexibility index (Phi) is 5.31. The summed E-state index contributed by atoms with van der Waals surface area (Å²) in [5.41, 5.74) is 2.89. The van der Waals surface area contributed by atoms with E-state index in [9.17, 15) is 4.79 Å². The van der Waals surface area contributed by atoms with Crippen molar-refractivity contribution in [2.75, 3.05) is 5.32 Å². The van der Waals surface area contributed by atoms with Crippen LogP contribution in [0.4, 0.5) is 5.13 Å². The zero-order valence-corrected chi connectivity index (χ0v) is 16.5. The first-order valence-electron chi connectivity index (χ1n) is 8.78. The molecule has 0 bridgehead atoms. The van der Waals surface area contributed by atoms with Gasteiger partial charge in [-0.25, -0.2) is 9.97 Å². The van der Waals surface area contributed by atoms with Crippen molar-refractivity contribution in [3.05, 3.63) is 62.6 Å². The molecule has 1 aliphatic rings. The number of thiazole rings is 2. The standard InChI is InChI=1S/C20H19N3O2S2/c1-13-21-15(12-26-13)11-25-17-7-3-2-5-14(17)9-10-19(24)23-20-22-16-6-4-8-18(16)27-20/h2-3,5,7,9-10,12H,4,6,8,11H2,1H3,(H,22,23,24). The maximum atomic E-state index is 12.2. The summed E-state index contributed by atoms with van der Waals surface area (Å²) in [7, 11) is 0. The quantitative estimate of drug-likeness (QED) is 0.616. The lowest BCUT2D eigenvalue weighted by molar-refractivity contribution is -0.111. The fourth-order valence-electron chi connectivity index (χ4n) is 2.93. The normalized spacial score (nSPS) is 13.1. The maximum Gasteiger partial charge on any atom is 0.250 e. The number of amides is 1. The van der Waals surface area contributed by atoms with E-state index in [0.29, 0.717) is 11.7 Å². The number of para-hydroxylation sites is 1. The fourth-order valence-corrected chi connectivity index (χ4v) is 4.58. The number of rotatable bonds is 6. The molecule has 5 nitrogen and oxygen atoms in total. The zero-order valence-electron chi connectivity index (χ0n) is 14.9. The molecule has 4 rings (SSSR count). The fraction of sp³-hybridized carbons (Fsp3) is 0.250. The van der Waals surface area contributed by atoms with Crippen LogP contribution in [0, 0.1) is 6.92 Å². The molecule has 1 amide bonds. The van der Waals surface area contributed by atoms with Crippen molar-refractivity contribution in [3.8, 4) is 5.75 Å². The monoisotopic (exact) mass is 397 g/mol. The van der Waals surface area contributed by atoms with Crippen LogP contribution in [0.1, 0.15) is 33.3 Å². The molecule has 1 aliphatic carbocycles. The molecule has 27 heavy (non-hydrogen) atoms. The second-order valence-electron chi connectivity index (χ2n) is 6.25. The molecule has 138 valence electrons. The molecule has 0 saturated heterocycles. The highest BCUT2D eigenvalue weighted by Gasteiger charge is 2.17. The topological polar surface area (TPSA) is 64.1 Å². The van der Waals surface area contributed by atoms with Crippen molar-refractivity contribution in [1.29, 1.82) is 0 Å². The first-order valence-corrected chi connectivity index (χ1v) is 10.5. The van der Waals surface area contributed by atoms with Gasteiger partial charge in [0.25, 0.3) is 0 Å². The van der Waals surface area contributed by atoms with Crippen LogP contribution in [0.15, 0.2) is 35.7 Å². The second kappa shape index (κ2) is 8.02. The van der Waals surface area contributed by atoms with Gasteiger partial charge in [-0.2, -0.15) is 0 Å². The summed E-state index contributed by atoms with van der Waals surface area (Å²) in [6.07, 6.45) is 6.53. The van der Waals surface area contributed by atoms with E-state index in [1.54, 1.807) is 28.7 Å². The first-order chi connectivity index (χ1) is 13.2. The molecule has 2 aromatic heterocycles. The van der Waals surface area contributed by atoms with E-state index < -0.39 is 0 Å². The zero-order chi connectivity index (χ0) is 18.6. The van der Waals surface area contributed by atoms with Crippen molar-refractivity contribution >= 4 is 39.8 Å². The van der Waals surface area contributed by atoms with Crippen LogP contribution < -0.4 is 10.1 Å². The molecule has 0 spiro atoms. The Morgan fingerprint density at radius 2 is 2.19 bits per heavy atom. The Balaban J connectivity index is 1.39. The number of benzene rings is 1. The number of ether oxygens (including phenoxy) is 1. The molecule has 0 unspecified atom stereocenters. The largest absolute Gasteiger partial charge is 0.487 e. The predicted octanol–water partition coefficient (Wildman–Crippen LogP) is 4.63. The van der Waals surface area contributed by atoms with E-state index in [1.807, 2.05) is 36.6 Å². The van der Waals surface area contributed by atoms with Crippen molar-refractivity contribution in [3.63, 3.8) is 0 Å². The van der Waals surface area contributed by atoms with Crippen LogP contribution in [0.25, 0.3) is 6.08 Å². The molecule has 0 atom stereocenters. The minimum absolute atomic E-state index is 0.188. The molecule has 0 radical (unpaired) electrons. The van der Waals surface area contributed by atoms with E-state index in [2.05, 4.69) is 15.3 Å². The number of nitrogens with one attached hydrogen (secondary N) is 1. The molecule has 0 aliphatic heterocycles. The average Bonchev–Trinajstić information content (AvgIpc) is 3.35. The number of aromatic nitrogens is 2.